The first kappa shape index (κ1) is 14.0. The van der Waals surface area contributed by atoms with Gasteiger partial charge in [0.25, 0.3) is 0 Å². The number of thiocarbonyl (C=S) groups is 1. The second-order valence-corrected chi connectivity index (χ2v) is 5.39. The van der Waals surface area contributed by atoms with E-state index in [0.29, 0.717) is 10.1 Å². The van der Waals surface area contributed by atoms with Gasteiger partial charge in [-0.2, -0.15) is 16.4 Å². The molecule has 0 saturated carbocycles. The molecule has 98 valence electrons. The fourth-order valence-electron chi connectivity index (χ4n) is 1.41. The van der Waals surface area contributed by atoms with Gasteiger partial charge in [0.1, 0.15) is 0 Å². The van der Waals surface area contributed by atoms with Gasteiger partial charge in [-0.05, 0) is 53.7 Å². The standard InChI is InChI=1S/C13H12ClN3S2/c1-9-11(14)3-2-4-12(9)16-13(18)17-15-7-10-5-6-19-8-10/h2-8H,1H3,(H2,16,17,18)/b15-7-. The van der Waals surface area contributed by atoms with Crippen molar-refractivity contribution in [1.29, 1.82) is 0 Å². The summed E-state index contributed by atoms with van der Waals surface area (Å²) >= 11 is 12.8. The van der Waals surface area contributed by atoms with Crippen LogP contribution in [0.4, 0.5) is 5.69 Å². The maximum absolute atomic E-state index is 6.04. The number of hydrazone groups is 1. The highest BCUT2D eigenvalue weighted by Crippen LogP contribution is 2.22. The molecule has 0 atom stereocenters. The highest BCUT2D eigenvalue weighted by atomic mass is 35.5. The Hall–Kier alpha value is -1.43. The highest BCUT2D eigenvalue weighted by molar-refractivity contribution is 7.80. The van der Waals surface area contributed by atoms with Crippen LogP contribution < -0.4 is 10.7 Å². The van der Waals surface area contributed by atoms with Crippen LogP contribution in [0.5, 0.6) is 0 Å². The maximum Gasteiger partial charge on any atom is 0.191 e. The molecule has 2 rings (SSSR count). The first-order valence-electron chi connectivity index (χ1n) is 5.54. The molecule has 3 nitrogen and oxygen atoms in total. The molecule has 0 radical (unpaired) electrons. The van der Waals surface area contributed by atoms with Gasteiger partial charge in [0, 0.05) is 16.3 Å². The van der Waals surface area contributed by atoms with Crippen LogP contribution >= 0.6 is 35.2 Å². The summed E-state index contributed by atoms with van der Waals surface area (Å²) in [4.78, 5) is 0. The van der Waals surface area contributed by atoms with E-state index in [1.165, 1.54) is 0 Å². The van der Waals surface area contributed by atoms with Gasteiger partial charge in [0.15, 0.2) is 5.11 Å². The predicted octanol–water partition coefficient (Wildman–Crippen LogP) is 4.03. The van der Waals surface area contributed by atoms with Gasteiger partial charge in [-0.1, -0.05) is 17.7 Å². The molecule has 0 bridgehead atoms. The molecular weight excluding hydrogens is 298 g/mol. The van der Waals surface area contributed by atoms with E-state index in [1.807, 2.05) is 41.9 Å². The second-order valence-electron chi connectivity index (χ2n) is 3.79. The molecular formula is C13H12ClN3S2. The third-order valence-electron chi connectivity index (χ3n) is 2.44. The van der Waals surface area contributed by atoms with Crippen molar-refractivity contribution in [2.45, 2.75) is 6.92 Å². The van der Waals surface area contributed by atoms with Crippen molar-refractivity contribution in [3.63, 3.8) is 0 Å². The van der Waals surface area contributed by atoms with Gasteiger partial charge >= 0.3 is 0 Å². The van der Waals surface area contributed by atoms with E-state index in [2.05, 4.69) is 15.8 Å². The van der Waals surface area contributed by atoms with Crippen LogP contribution in [0.15, 0.2) is 40.1 Å². The van der Waals surface area contributed by atoms with E-state index in [1.54, 1.807) is 17.6 Å². The normalized spacial score (nSPS) is 10.6. The Morgan fingerprint density at radius 3 is 3.00 bits per heavy atom. The molecule has 2 aromatic rings. The lowest BCUT2D eigenvalue weighted by Crippen LogP contribution is -2.24. The van der Waals surface area contributed by atoms with Crippen LogP contribution in [0.25, 0.3) is 0 Å². The molecule has 0 aliphatic carbocycles. The van der Waals surface area contributed by atoms with Crippen molar-refractivity contribution in [3.05, 3.63) is 51.2 Å². The Morgan fingerprint density at radius 1 is 1.42 bits per heavy atom. The Bertz CT molecular complexity index is 594. The Balaban J connectivity index is 1.93. The number of benzene rings is 1. The van der Waals surface area contributed by atoms with Gasteiger partial charge in [-0.25, -0.2) is 0 Å². The number of halogens is 1. The van der Waals surface area contributed by atoms with Gasteiger partial charge < -0.3 is 5.32 Å². The second kappa shape index (κ2) is 6.65. The lowest BCUT2D eigenvalue weighted by Gasteiger charge is -2.10. The van der Waals surface area contributed by atoms with Gasteiger partial charge in [0.05, 0.1) is 6.21 Å². The zero-order valence-electron chi connectivity index (χ0n) is 10.2. The van der Waals surface area contributed by atoms with Crippen molar-refractivity contribution in [1.82, 2.24) is 5.43 Å². The molecule has 1 heterocycles. The number of anilines is 1. The van der Waals surface area contributed by atoms with Crippen LogP contribution in [0.3, 0.4) is 0 Å². The zero-order chi connectivity index (χ0) is 13.7. The first-order valence-corrected chi connectivity index (χ1v) is 7.27. The topological polar surface area (TPSA) is 36.4 Å². The van der Waals surface area contributed by atoms with Gasteiger partial charge in [-0.3, -0.25) is 5.43 Å². The maximum atomic E-state index is 6.04. The van der Waals surface area contributed by atoms with E-state index in [0.717, 1.165) is 16.8 Å². The molecule has 0 aliphatic heterocycles. The minimum absolute atomic E-state index is 0.428. The lowest BCUT2D eigenvalue weighted by molar-refractivity contribution is 1.05. The van der Waals surface area contributed by atoms with Crippen LogP contribution in [0.2, 0.25) is 5.02 Å². The smallest absolute Gasteiger partial charge is 0.191 e. The molecule has 0 aliphatic rings. The number of hydrogen-bond donors (Lipinski definition) is 2. The summed E-state index contributed by atoms with van der Waals surface area (Å²) in [6, 6.07) is 7.60. The number of thiophene rings is 1. The molecule has 2 N–H and O–H groups in total. The fraction of sp³-hybridized carbons (Fsp3) is 0.0769. The summed E-state index contributed by atoms with van der Waals surface area (Å²) in [5, 5.41) is 12.2. The van der Waals surface area contributed by atoms with E-state index < -0.39 is 0 Å². The molecule has 0 amide bonds. The van der Waals surface area contributed by atoms with Crippen molar-refractivity contribution < 1.29 is 0 Å². The van der Waals surface area contributed by atoms with Gasteiger partial charge in [0.2, 0.25) is 0 Å². The molecule has 0 fully saturated rings. The number of nitrogens with zero attached hydrogens (tertiary/aromatic N) is 1. The minimum Gasteiger partial charge on any atom is -0.331 e. The van der Waals surface area contributed by atoms with Crippen molar-refractivity contribution >= 4 is 52.2 Å². The van der Waals surface area contributed by atoms with E-state index in [9.17, 15) is 0 Å². The summed E-state index contributed by atoms with van der Waals surface area (Å²) in [5.74, 6) is 0. The zero-order valence-corrected chi connectivity index (χ0v) is 12.6. The fourth-order valence-corrected chi connectivity index (χ4v) is 2.36. The Kier molecular flexibility index (Phi) is 4.90. The number of rotatable bonds is 3. The summed E-state index contributed by atoms with van der Waals surface area (Å²) in [6.45, 7) is 1.93. The first-order chi connectivity index (χ1) is 9.16. The van der Waals surface area contributed by atoms with Crippen molar-refractivity contribution in [3.8, 4) is 0 Å². The third kappa shape index (κ3) is 4.02. The molecule has 1 aromatic carbocycles. The highest BCUT2D eigenvalue weighted by Gasteiger charge is 2.02. The molecule has 0 spiro atoms. The quantitative estimate of drug-likeness (QED) is 0.510. The molecule has 1 aromatic heterocycles. The summed E-state index contributed by atoms with van der Waals surface area (Å²) in [5.41, 5.74) is 5.63. The summed E-state index contributed by atoms with van der Waals surface area (Å²) in [6.07, 6.45) is 1.72. The third-order valence-corrected chi connectivity index (χ3v) is 3.74. The summed E-state index contributed by atoms with van der Waals surface area (Å²) < 4.78 is 0. The van der Waals surface area contributed by atoms with Gasteiger partial charge in [-0.15, -0.1) is 0 Å². The molecule has 6 heteroatoms. The predicted molar refractivity (Wildman–Crippen MR) is 87.5 cm³/mol. The summed E-state index contributed by atoms with van der Waals surface area (Å²) in [7, 11) is 0. The molecule has 0 saturated heterocycles. The van der Waals surface area contributed by atoms with E-state index in [-0.39, 0.29) is 0 Å². The van der Waals surface area contributed by atoms with Crippen LogP contribution in [0.1, 0.15) is 11.1 Å². The monoisotopic (exact) mass is 309 g/mol. The van der Waals surface area contributed by atoms with E-state index >= 15 is 0 Å². The Morgan fingerprint density at radius 2 is 2.26 bits per heavy atom. The average Bonchev–Trinajstić information content (AvgIpc) is 2.88. The SMILES string of the molecule is Cc1c(Cl)cccc1NC(=S)N/N=C\c1ccsc1. The van der Waals surface area contributed by atoms with Crippen LogP contribution in [-0.4, -0.2) is 11.3 Å². The van der Waals surface area contributed by atoms with Crippen LogP contribution in [0, 0.1) is 6.92 Å². The van der Waals surface area contributed by atoms with E-state index in [4.69, 9.17) is 23.8 Å². The lowest BCUT2D eigenvalue weighted by atomic mass is 10.2. The average molecular weight is 310 g/mol. The Labute approximate surface area is 126 Å². The van der Waals surface area contributed by atoms with Crippen LogP contribution in [-0.2, 0) is 0 Å². The minimum atomic E-state index is 0.428. The molecule has 0 unspecified atom stereocenters. The van der Waals surface area contributed by atoms with Crippen molar-refractivity contribution in [2.24, 2.45) is 5.10 Å². The molecule has 19 heavy (non-hydrogen) atoms. The number of hydrogen-bond acceptors (Lipinski definition) is 3. The van der Waals surface area contributed by atoms with Crippen molar-refractivity contribution in [2.75, 3.05) is 5.32 Å². The largest absolute Gasteiger partial charge is 0.331 e. The number of nitrogens with one attached hydrogen (secondary N) is 2.